The van der Waals surface area contributed by atoms with Gasteiger partial charge in [-0.1, -0.05) is 26.7 Å². The van der Waals surface area contributed by atoms with Gasteiger partial charge in [0.2, 0.25) is 0 Å². The molecule has 0 aromatic carbocycles. The average Bonchev–Trinajstić information content (AvgIpc) is 2.81. The fourth-order valence-electron chi connectivity index (χ4n) is 3.21. The Morgan fingerprint density at radius 1 is 1.22 bits per heavy atom. The summed E-state index contributed by atoms with van der Waals surface area (Å²) in [6.45, 7) is 9.38. The summed E-state index contributed by atoms with van der Waals surface area (Å²) < 4.78 is 0. The van der Waals surface area contributed by atoms with E-state index in [4.69, 9.17) is 0 Å². The highest BCUT2D eigenvalue weighted by Crippen LogP contribution is 2.28. The van der Waals surface area contributed by atoms with E-state index >= 15 is 0 Å². The molecular formula is C16H34N2. The van der Waals surface area contributed by atoms with Crippen molar-refractivity contribution in [3.63, 3.8) is 0 Å². The van der Waals surface area contributed by atoms with Crippen molar-refractivity contribution >= 4 is 0 Å². The van der Waals surface area contributed by atoms with E-state index in [-0.39, 0.29) is 0 Å². The second-order valence-corrected chi connectivity index (χ2v) is 6.16. The van der Waals surface area contributed by atoms with E-state index in [0.717, 1.165) is 18.0 Å². The van der Waals surface area contributed by atoms with E-state index in [1.54, 1.807) is 0 Å². The number of nitrogens with one attached hydrogen (secondary N) is 1. The summed E-state index contributed by atoms with van der Waals surface area (Å²) in [4.78, 5) is 2.55. The Labute approximate surface area is 115 Å². The van der Waals surface area contributed by atoms with E-state index in [2.05, 4.69) is 38.0 Å². The number of nitrogens with zero attached hydrogens (tertiary/aromatic N) is 1. The topological polar surface area (TPSA) is 15.3 Å². The van der Waals surface area contributed by atoms with Crippen LogP contribution in [0.2, 0.25) is 0 Å². The second kappa shape index (κ2) is 8.92. The van der Waals surface area contributed by atoms with Gasteiger partial charge in [-0.25, -0.2) is 0 Å². The Morgan fingerprint density at radius 3 is 2.67 bits per heavy atom. The van der Waals surface area contributed by atoms with Crippen molar-refractivity contribution in [2.45, 2.75) is 77.8 Å². The van der Waals surface area contributed by atoms with E-state index in [0.29, 0.717) is 0 Å². The lowest BCUT2D eigenvalue weighted by atomic mass is 9.98. The van der Waals surface area contributed by atoms with Gasteiger partial charge in [-0.3, -0.25) is 0 Å². The zero-order chi connectivity index (χ0) is 13.4. The van der Waals surface area contributed by atoms with Crippen molar-refractivity contribution in [2.24, 2.45) is 5.92 Å². The number of rotatable bonds is 9. The van der Waals surface area contributed by atoms with Gasteiger partial charge >= 0.3 is 0 Å². The predicted molar refractivity (Wildman–Crippen MR) is 81.0 cm³/mol. The molecule has 2 nitrogen and oxygen atoms in total. The maximum absolute atomic E-state index is 3.74. The Hall–Kier alpha value is -0.0800. The summed E-state index contributed by atoms with van der Waals surface area (Å²) in [7, 11) is 2.30. The average molecular weight is 254 g/mol. The first kappa shape index (κ1) is 16.0. The van der Waals surface area contributed by atoms with Gasteiger partial charge in [-0.2, -0.15) is 0 Å². The SMILES string of the molecule is CCCNC1CCCC1CCN(C)C(C)CCC. The number of hydrogen-bond donors (Lipinski definition) is 1. The van der Waals surface area contributed by atoms with Crippen LogP contribution < -0.4 is 5.32 Å². The minimum Gasteiger partial charge on any atom is -0.314 e. The summed E-state index contributed by atoms with van der Waals surface area (Å²) >= 11 is 0. The van der Waals surface area contributed by atoms with Crippen LogP contribution in [0.1, 0.15) is 65.7 Å². The first-order valence-electron chi connectivity index (χ1n) is 8.12. The van der Waals surface area contributed by atoms with Crippen LogP contribution in [0.25, 0.3) is 0 Å². The summed E-state index contributed by atoms with van der Waals surface area (Å²) in [5, 5.41) is 3.74. The van der Waals surface area contributed by atoms with Crippen LogP contribution in [-0.4, -0.2) is 37.1 Å². The molecule has 1 aliphatic carbocycles. The van der Waals surface area contributed by atoms with Crippen LogP contribution in [0.4, 0.5) is 0 Å². The van der Waals surface area contributed by atoms with Crippen molar-refractivity contribution in [2.75, 3.05) is 20.1 Å². The lowest BCUT2D eigenvalue weighted by molar-refractivity contribution is 0.219. The third-order valence-corrected chi connectivity index (χ3v) is 4.63. The zero-order valence-corrected chi connectivity index (χ0v) is 13.0. The molecule has 0 saturated heterocycles. The first-order valence-corrected chi connectivity index (χ1v) is 8.12. The van der Waals surface area contributed by atoms with E-state index in [1.165, 1.54) is 58.0 Å². The molecule has 2 heteroatoms. The molecular weight excluding hydrogens is 220 g/mol. The predicted octanol–water partition coefficient (Wildman–Crippen LogP) is 3.67. The molecule has 0 radical (unpaired) electrons. The molecule has 1 N–H and O–H groups in total. The highest BCUT2D eigenvalue weighted by Gasteiger charge is 2.26. The third-order valence-electron chi connectivity index (χ3n) is 4.63. The summed E-state index contributed by atoms with van der Waals surface area (Å²) in [6.07, 6.45) is 9.55. The summed E-state index contributed by atoms with van der Waals surface area (Å²) in [5.74, 6) is 0.924. The van der Waals surface area contributed by atoms with Crippen molar-refractivity contribution in [1.82, 2.24) is 10.2 Å². The highest BCUT2D eigenvalue weighted by atomic mass is 15.1. The van der Waals surface area contributed by atoms with Crippen LogP contribution in [-0.2, 0) is 0 Å². The van der Waals surface area contributed by atoms with Crippen molar-refractivity contribution < 1.29 is 0 Å². The van der Waals surface area contributed by atoms with Gasteiger partial charge in [0.25, 0.3) is 0 Å². The minimum absolute atomic E-state index is 0.749. The fraction of sp³-hybridized carbons (Fsp3) is 1.00. The molecule has 0 aliphatic heterocycles. The smallest absolute Gasteiger partial charge is 0.00958 e. The Morgan fingerprint density at radius 2 is 2.00 bits per heavy atom. The maximum atomic E-state index is 3.74. The Kier molecular flexibility index (Phi) is 7.92. The molecule has 3 unspecified atom stereocenters. The standard InChI is InChI=1S/C16H34N2/c1-5-8-14(3)18(4)13-11-15-9-7-10-16(15)17-12-6-2/h14-17H,5-13H2,1-4H3. The maximum Gasteiger partial charge on any atom is 0.00958 e. The molecule has 108 valence electrons. The molecule has 3 atom stereocenters. The molecule has 0 spiro atoms. The normalized spacial score (nSPS) is 25.8. The van der Waals surface area contributed by atoms with Gasteiger partial charge in [0, 0.05) is 12.1 Å². The van der Waals surface area contributed by atoms with Crippen molar-refractivity contribution in [3.8, 4) is 0 Å². The zero-order valence-electron chi connectivity index (χ0n) is 13.0. The third kappa shape index (κ3) is 5.27. The van der Waals surface area contributed by atoms with Crippen LogP contribution in [0.15, 0.2) is 0 Å². The lowest BCUT2D eigenvalue weighted by Crippen LogP contribution is -2.36. The van der Waals surface area contributed by atoms with E-state index in [1.807, 2.05) is 0 Å². The molecule has 0 aromatic heterocycles. The molecule has 1 aliphatic rings. The van der Waals surface area contributed by atoms with E-state index < -0.39 is 0 Å². The Balaban J connectivity index is 2.24. The first-order chi connectivity index (χ1) is 8.69. The molecule has 0 bridgehead atoms. The van der Waals surface area contributed by atoms with Gasteiger partial charge < -0.3 is 10.2 Å². The van der Waals surface area contributed by atoms with Gasteiger partial charge in [-0.15, -0.1) is 0 Å². The summed E-state index contributed by atoms with van der Waals surface area (Å²) in [5.41, 5.74) is 0. The highest BCUT2D eigenvalue weighted by molar-refractivity contribution is 4.83. The van der Waals surface area contributed by atoms with Crippen LogP contribution in [0.5, 0.6) is 0 Å². The molecule has 0 aromatic rings. The van der Waals surface area contributed by atoms with Gasteiger partial charge in [0.15, 0.2) is 0 Å². The molecule has 18 heavy (non-hydrogen) atoms. The quantitative estimate of drug-likeness (QED) is 0.675. The van der Waals surface area contributed by atoms with Gasteiger partial charge in [0.05, 0.1) is 0 Å². The minimum atomic E-state index is 0.749. The van der Waals surface area contributed by atoms with Crippen molar-refractivity contribution in [3.05, 3.63) is 0 Å². The summed E-state index contributed by atoms with van der Waals surface area (Å²) in [6, 6.07) is 1.55. The second-order valence-electron chi connectivity index (χ2n) is 6.16. The number of hydrogen-bond acceptors (Lipinski definition) is 2. The van der Waals surface area contributed by atoms with Gasteiger partial charge in [-0.05, 0) is 65.1 Å². The molecule has 1 fully saturated rings. The fourth-order valence-corrected chi connectivity index (χ4v) is 3.21. The molecule has 0 amide bonds. The largest absolute Gasteiger partial charge is 0.314 e. The monoisotopic (exact) mass is 254 g/mol. The van der Waals surface area contributed by atoms with Crippen LogP contribution in [0.3, 0.4) is 0 Å². The Bertz CT molecular complexity index is 205. The van der Waals surface area contributed by atoms with Crippen molar-refractivity contribution in [1.29, 1.82) is 0 Å². The lowest BCUT2D eigenvalue weighted by Gasteiger charge is -2.27. The van der Waals surface area contributed by atoms with Crippen LogP contribution >= 0.6 is 0 Å². The van der Waals surface area contributed by atoms with E-state index in [9.17, 15) is 0 Å². The molecule has 0 heterocycles. The van der Waals surface area contributed by atoms with Gasteiger partial charge in [0.1, 0.15) is 0 Å². The van der Waals surface area contributed by atoms with Crippen LogP contribution in [0, 0.1) is 5.92 Å². The molecule has 1 saturated carbocycles. The molecule has 1 rings (SSSR count).